The van der Waals surface area contributed by atoms with Crippen LogP contribution in [0.25, 0.3) is 0 Å². The Morgan fingerprint density at radius 2 is 2.47 bits per heavy atom. The van der Waals surface area contributed by atoms with E-state index in [9.17, 15) is 5.11 Å². The lowest BCUT2D eigenvalue weighted by atomic mass is 10.4. The minimum absolute atomic E-state index is 0.350. The zero-order chi connectivity index (χ0) is 11.1. The van der Waals surface area contributed by atoms with Gasteiger partial charge in [0.25, 0.3) is 0 Å². The molecule has 1 unspecified atom stereocenters. The Morgan fingerprint density at radius 1 is 1.67 bits per heavy atom. The molecule has 0 saturated heterocycles. The summed E-state index contributed by atoms with van der Waals surface area (Å²) in [6.45, 7) is 4.54. The molecule has 1 aromatic heterocycles. The Kier molecular flexibility index (Phi) is 5.31. The van der Waals surface area contributed by atoms with Gasteiger partial charge >= 0.3 is 0 Å². The molecule has 0 aromatic carbocycles. The summed E-state index contributed by atoms with van der Waals surface area (Å²) in [6.07, 6.45) is 3.27. The van der Waals surface area contributed by atoms with Crippen molar-refractivity contribution in [2.45, 2.75) is 26.1 Å². The van der Waals surface area contributed by atoms with Crippen molar-refractivity contribution in [3.63, 3.8) is 0 Å². The first-order chi connectivity index (χ1) is 7.24. The highest BCUT2D eigenvalue weighted by molar-refractivity contribution is 4.92. The molecular weight excluding hydrogens is 194 g/mol. The third-order valence-corrected chi connectivity index (χ3v) is 2.03. The highest BCUT2D eigenvalue weighted by atomic mass is 16.5. The van der Waals surface area contributed by atoms with Gasteiger partial charge in [0.1, 0.15) is 5.82 Å². The molecule has 0 fully saturated rings. The van der Waals surface area contributed by atoms with E-state index < -0.39 is 0 Å². The van der Waals surface area contributed by atoms with E-state index in [-0.39, 0.29) is 6.10 Å². The first-order valence-electron chi connectivity index (χ1n) is 5.11. The lowest BCUT2D eigenvalue weighted by Crippen LogP contribution is -2.22. The molecule has 1 heterocycles. The lowest BCUT2D eigenvalue weighted by Gasteiger charge is -2.10. The number of nitrogens with zero attached hydrogens (tertiary/aromatic N) is 2. The fraction of sp³-hybridized carbons (Fsp3) is 0.700. The van der Waals surface area contributed by atoms with E-state index >= 15 is 0 Å². The van der Waals surface area contributed by atoms with Gasteiger partial charge in [-0.3, -0.25) is 0 Å². The molecule has 1 atom stereocenters. The maximum absolute atomic E-state index is 9.27. The van der Waals surface area contributed by atoms with Gasteiger partial charge in [0.15, 0.2) is 0 Å². The summed E-state index contributed by atoms with van der Waals surface area (Å²) < 4.78 is 6.88. The maximum atomic E-state index is 9.27. The SMILES string of the molecule is COCCNCc1nccn1CC(C)O. The number of hydrogen-bond acceptors (Lipinski definition) is 4. The number of aliphatic hydroxyl groups is 1. The van der Waals surface area contributed by atoms with Crippen molar-refractivity contribution in [2.75, 3.05) is 20.3 Å². The Morgan fingerprint density at radius 3 is 3.13 bits per heavy atom. The monoisotopic (exact) mass is 213 g/mol. The van der Waals surface area contributed by atoms with Crippen LogP contribution in [-0.4, -0.2) is 41.0 Å². The van der Waals surface area contributed by atoms with Crippen LogP contribution in [-0.2, 0) is 17.8 Å². The van der Waals surface area contributed by atoms with Crippen LogP contribution in [0.15, 0.2) is 12.4 Å². The summed E-state index contributed by atoms with van der Waals surface area (Å²) in [7, 11) is 1.68. The molecule has 0 aliphatic carbocycles. The number of imidazole rings is 1. The maximum Gasteiger partial charge on any atom is 0.122 e. The number of methoxy groups -OCH3 is 1. The van der Waals surface area contributed by atoms with Gasteiger partial charge in [-0.1, -0.05) is 0 Å². The summed E-state index contributed by atoms with van der Waals surface area (Å²) in [6, 6.07) is 0. The van der Waals surface area contributed by atoms with Gasteiger partial charge in [0, 0.05) is 32.6 Å². The smallest absolute Gasteiger partial charge is 0.122 e. The summed E-state index contributed by atoms with van der Waals surface area (Å²) in [5.41, 5.74) is 0. The number of aliphatic hydroxyl groups excluding tert-OH is 1. The zero-order valence-electron chi connectivity index (χ0n) is 9.31. The van der Waals surface area contributed by atoms with Crippen molar-refractivity contribution < 1.29 is 9.84 Å². The van der Waals surface area contributed by atoms with E-state index in [0.29, 0.717) is 19.7 Å². The van der Waals surface area contributed by atoms with Crippen LogP contribution in [0.3, 0.4) is 0 Å². The van der Waals surface area contributed by atoms with Crippen molar-refractivity contribution in [3.8, 4) is 0 Å². The third kappa shape index (κ3) is 4.42. The van der Waals surface area contributed by atoms with Crippen LogP contribution in [0.2, 0.25) is 0 Å². The number of aromatic nitrogens is 2. The Hall–Kier alpha value is -0.910. The first kappa shape index (κ1) is 12.2. The molecule has 1 aromatic rings. The van der Waals surface area contributed by atoms with E-state index in [2.05, 4.69) is 10.3 Å². The highest BCUT2D eigenvalue weighted by Crippen LogP contribution is 1.99. The van der Waals surface area contributed by atoms with E-state index in [0.717, 1.165) is 12.4 Å². The van der Waals surface area contributed by atoms with Crippen LogP contribution in [0.5, 0.6) is 0 Å². The molecule has 0 amide bonds. The van der Waals surface area contributed by atoms with Gasteiger partial charge in [-0.15, -0.1) is 0 Å². The lowest BCUT2D eigenvalue weighted by molar-refractivity contribution is 0.171. The molecule has 0 aliphatic rings. The van der Waals surface area contributed by atoms with Gasteiger partial charge < -0.3 is 19.7 Å². The molecule has 0 radical (unpaired) electrons. The molecule has 0 saturated carbocycles. The highest BCUT2D eigenvalue weighted by Gasteiger charge is 2.04. The van der Waals surface area contributed by atoms with Crippen LogP contribution in [0, 0.1) is 0 Å². The number of hydrogen-bond donors (Lipinski definition) is 2. The van der Waals surface area contributed by atoms with Crippen molar-refractivity contribution in [1.29, 1.82) is 0 Å². The van der Waals surface area contributed by atoms with Gasteiger partial charge in [-0.05, 0) is 6.92 Å². The van der Waals surface area contributed by atoms with E-state index in [1.807, 2.05) is 10.8 Å². The number of ether oxygens (including phenoxy) is 1. The van der Waals surface area contributed by atoms with Crippen molar-refractivity contribution in [1.82, 2.24) is 14.9 Å². The number of rotatable bonds is 7. The summed E-state index contributed by atoms with van der Waals surface area (Å²) in [4.78, 5) is 4.22. The second kappa shape index (κ2) is 6.55. The van der Waals surface area contributed by atoms with E-state index in [1.165, 1.54) is 0 Å². The molecule has 86 valence electrons. The Labute approximate surface area is 90.1 Å². The third-order valence-electron chi connectivity index (χ3n) is 2.03. The molecule has 15 heavy (non-hydrogen) atoms. The van der Waals surface area contributed by atoms with Gasteiger partial charge in [-0.25, -0.2) is 4.98 Å². The Balaban J connectivity index is 2.36. The molecule has 0 aliphatic heterocycles. The number of nitrogens with one attached hydrogen (secondary N) is 1. The van der Waals surface area contributed by atoms with Gasteiger partial charge in [0.2, 0.25) is 0 Å². The van der Waals surface area contributed by atoms with Gasteiger partial charge in [-0.2, -0.15) is 0 Å². The molecule has 0 bridgehead atoms. The predicted molar refractivity (Wildman–Crippen MR) is 57.5 cm³/mol. The molecule has 5 heteroatoms. The minimum Gasteiger partial charge on any atom is -0.392 e. The Bertz CT molecular complexity index is 273. The topological polar surface area (TPSA) is 59.3 Å². The van der Waals surface area contributed by atoms with E-state index in [1.54, 1.807) is 20.2 Å². The van der Waals surface area contributed by atoms with Crippen LogP contribution >= 0.6 is 0 Å². The average molecular weight is 213 g/mol. The fourth-order valence-electron chi connectivity index (χ4n) is 1.33. The molecule has 2 N–H and O–H groups in total. The summed E-state index contributed by atoms with van der Waals surface area (Å²) in [5.74, 6) is 0.937. The summed E-state index contributed by atoms with van der Waals surface area (Å²) in [5, 5.41) is 12.5. The van der Waals surface area contributed by atoms with Crippen LogP contribution in [0.1, 0.15) is 12.7 Å². The van der Waals surface area contributed by atoms with Crippen molar-refractivity contribution in [3.05, 3.63) is 18.2 Å². The largest absolute Gasteiger partial charge is 0.392 e. The van der Waals surface area contributed by atoms with Crippen molar-refractivity contribution in [2.24, 2.45) is 0 Å². The standard InChI is InChI=1S/C10H19N3O2/c1-9(14)8-13-5-3-12-10(13)7-11-4-6-15-2/h3,5,9,11,14H,4,6-8H2,1-2H3. The minimum atomic E-state index is -0.350. The average Bonchev–Trinajstić information content (AvgIpc) is 2.59. The predicted octanol–water partition coefficient (Wildman–Crippen LogP) is -0.000100. The first-order valence-corrected chi connectivity index (χ1v) is 5.11. The second-order valence-corrected chi connectivity index (χ2v) is 3.51. The van der Waals surface area contributed by atoms with Crippen LogP contribution < -0.4 is 5.32 Å². The van der Waals surface area contributed by atoms with Crippen molar-refractivity contribution >= 4 is 0 Å². The van der Waals surface area contributed by atoms with Crippen LogP contribution in [0.4, 0.5) is 0 Å². The fourth-order valence-corrected chi connectivity index (χ4v) is 1.33. The molecule has 0 spiro atoms. The molecular formula is C10H19N3O2. The molecule has 1 rings (SSSR count). The summed E-state index contributed by atoms with van der Waals surface area (Å²) >= 11 is 0. The van der Waals surface area contributed by atoms with E-state index in [4.69, 9.17) is 4.74 Å². The quantitative estimate of drug-likeness (QED) is 0.626. The normalized spacial score (nSPS) is 13.0. The zero-order valence-corrected chi connectivity index (χ0v) is 9.31. The molecule has 5 nitrogen and oxygen atoms in total. The van der Waals surface area contributed by atoms with Gasteiger partial charge in [0.05, 0.1) is 19.3 Å². The second-order valence-electron chi connectivity index (χ2n) is 3.51.